The molecule has 104 heavy (non-hydrogen) atoms. The second-order valence-electron chi connectivity index (χ2n) is 25.6. The fourth-order valence-electron chi connectivity index (χ4n) is 14.9. The summed E-state index contributed by atoms with van der Waals surface area (Å²) < 4.78 is 275. The van der Waals surface area contributed by atoms with Crippen LogP contribution >= 0.6 is 0 Å². The van der Waals surface area contributed by atoms with Crippen LogP contribution in [0.3, 0.4) is 0 Å². The normalized spacial score (nSPS) is 44.4. The van der Waals surface area contributed by atoms with Crippen LogP contribution in [0.25, 0.3) is 0 Å². The number of hydrogen-bond donors (Lipinski definition) is 0. The largest absolute Gasteiger partial charge is 0.382 e. The summed E-state index contributed by atoms with van der Waals surface area (Å²) in [5, 5.41) is 0. The highest BCUT2D eigenvalue weighted by molar-refractivity contribution is 7.86. The fraction of sp³-hybridized carbons (Fsp3) is 1.00. The Hall–Kier alpha value is -1.50. The van der Waals surface area contributed by atoms with Gasteiger partial charge in [0.25, 0.3) is 20.2 Å². The van der Waals surface area contributed by atoms with E-state index in [2.05, 4.69) is 0 Å². The molecule has 0 saturated carbocycles. The minimum absolute atomic E-state index is 0.0848. The first-order chi connectivity index (χ1) is 50.0. The van der Waals surface area contributed by atoms with Crippen molar-refractivity contribution in [2.24, 2.45) is 0 Å². The van der Waals surface area contributed by atoms with Crippen LogP contribution in [-0.2, 0) is 185 Å². The first-order valence-corrected chi connectivity index (χ1v) is 37.3. The van der Waals surface area contributed by atoms with Crippen LogP contribution in [0.15, 0.2) is 0 Å². The van der Waals surface area contributed by atoms with Crippen LogP contribution in [-0.4, -0.2) is 426 Å². The van der Waals surface area contributed by atoms with Crippen LogP contribution in [0.5, 0.6) is 0 Å². The molecule has 41 heteroatoms. The highest BCUT2D eigenvalue weighted by Gasteiger charge is 2.62. The van der Waals surface area contributed by atoms with Crippen LogP contribution in [0, 0.1) is 0 Å². The standard InChI is InChI=1S/C63H112O39S2/c1-68-22-29-36-43(73-6)50(80-13)57(89-29)97-37-30(23-69-2)91-59(52(82-15)44(37)74-7)99-39-32(25-71-4)93-61(54(84-17)46(39)76-9)101-41-34(27-87-103(20,64)65)95-63(56(86-19)48(41)78-11)102-42-35(28-88-104(21,66)67)94-62(55(85-18)49(42)79-12)100-40-33(26-72-5)92-60(53(83-16)47(40)77-10)98-38-31(24-70-3)90-58(96-36)51(81-14)45(38)75-8/h29-63H,22-28H2,1-21H3/t29-,30-,31-,32-,33-,34-,35-,36-,37-,38-,39-,40-,41-,42-,43+,44+,45+,46+,47+,48+,49+,50-,51-,52-,53-,54-,55-,56-,57-,58-,59-,60-,61-,62-,63-/m1/s1. The van der Waals surface area contributed by atoms with Crippen LogP contribution in [0.4, 0.5) is 0 Å². The van der Waals surface area contributed by atoms with E-state index in [1.807, 2.05) is 0 Å². The number of hydrogen-bond acceptors (Lipinski definition) is 39. The first-order valence-electron chi connectivity index (χ1n) is 33.7. The molecule has 0 aromatic rings. The number of methoxy groups -OCH3 is 19. The van der Waals surface area contributed by atoms with Gasteiger partial charge in [0, 0.05) is 135 Å². The Morgan fingerprint density at radius 3 is 0.423 bits per heavy atom. The molecule has 0 radical (unpaired) electrons. The average molecular weight is 1560 g/mol. The molecule has 21 saturated heterocycles. The van der Waals surface area contributed by atoms with Gasteiger partial charge in [-0.2, -0.15) is 16.8 Å². The summed E-state index contributed by atoms with van der Waals surface area (Å²) in [6.07, 6.45) is -40.5. The molecule has 0 amide bonds. The summed E-state index contributed by atoms with van der Waals surface area (Å²) >= 11 is 0. The second kappa shape index (κ2) is 41.3. The van der Waals surface area contributed by atoms with E-state index in [4.69, 9.17) is 165 Å². The van der Waals surface area contributed by atoms with E-state index >= 15 is 0 Å². The summed E-state index contributed by atoms with van der Waals surface area (Å²) in [7, 11) is 18.7. The van der Waals surface area contributed by atoms with E-state index in [1.54, 1.807) is 0 Å². The van der Waals surface area contributed by atoms with Crippen LogP contribution in [0.1, 0.15) is 0 Å². The zero-order valence-electron chi connectivity index (χ0n) is 62.9. The lowest BCUT2D eigenvalue weighted by molar-refractivity contribution is -0.402. The van der Waals surface area contributed by atoms with E-state index in [-0.39, 0.29) is 33.0 Å². The molecule has 0 aromatic carbocycles. The van der Waals surface area contributed by atoms with Crippen molar-refractivity contribution in [1.29, 1.82) is 0 Å². The van der Waals surface area contributed by atoms with Crippen molar-refractivity contribution in [2.75, 3.05) is 194 Å². The fourth-order valence-corrected chi connectivity index (χ4v) is 15.7. The zero-order valence-corrected chi connectivity index (χ0v) is 64.5. The van der Waals surface area contributed by atoms with Crippen LogP contribution in [0.2, 0.25) is 0 Å². The smallest absolute Gasteiger partial charge is 0.264 e. The van der Waals surface area contributed by atoms with Gasteiger partial charge in [-0.15, -0.1) is 0 Å². The predicted octanol–water partition coefficient (Wildman–Crippen LogP) is -2.83. The maximum absolute atomic E-state index is 13.0. The van der Waals surface area contributed by atoms with E-state index in [1.165, 1.54) is 135 Å². The Morgan fingerprint density at radius 2 is 0.317 bits per heavy atom. The predicted molar refractivity (Wildman–Crippen MR) is 347 cm³/mol. The van der Waals surface area contributed by atoms with Gasteiger partial charge >= 0.3 is 0 Å². The van der Waals surface area contributed by atoms with Crippen molar-refractivity contribution in [3.8, 4) is 0 Å². The number of ether oxygens (including phenoxy) is 33. The second-order valence-corrected chi connectivity index (χ2v) is 28.9. The van der Waals surface area contributed by atoms with Crippen molar-refractivity contribution in [2.45, 2.75) is 215 Å². The van der Waals surface area contributed by atoms with Crippen molar-refractivity contribution in [3.05, 3.63) is 0 Å². The van der Waals surface area contributed by atoms with Gasteiger partial charge in [0.15, 0.2) is 44.0 Å². The molecule has 21 fully saturated rings. The average Bonchev–Trinajstić information content (AvgIpc) is 0.767. The third kappa shape index (κ3) is 20.3. The van der Waals surface area contributed by atoms with Crippen molar-refractivity contribution in [3.63, 3.8) is 0 Å². The van der Waals surface area contributed by atoms with E-state index in [9.17, 15) is 16.8 Å². The van der Waals surface area contributed by atoms with Gasteiger partial charge in [-0.05, 0) is 0 Å². The molecule has 21 aliphatic rings. The topological polar surface area (TPSA) is 391 Å². The molecule has 0 unspecified atom stereocenters. The molecule has 21 aliphatic heterocycles. The van der Waals surface area contributed by atoms with Gasteiger partial charge in [0.1, 0.15) is 171 Å². The maximum Gasteiger partial charge on any atom is 0.264 e. The minimum atomic E-state index is -4.22. The third-order valence-corrected chi connectivity index (χ3v) is 20.7. The highest BCUT2D eigenvalue weighted by Crippen LogP contribution is 2.43. The molecular formula is C63H112O39S2. The Bertz CT molecular complexity index is 2660. The Labute approximate surface area is 608 Å². The minimum Gasteiger partial charge on any atom is -0.382 e. The van der Waals surface area contributed by atoms with Gasteiger partial charge in [-0.25, -0.2) is 0 Å². The molecule has 0 spiro atoms. The van der Waals surface area contributed by atoms with Crippen molar-refractivity contribution in [1.82, 2.24) is 0 Å². The number of rotatable bonds is 30. The Kier molecular flexibility index (Phi) is 35.0. The van der Waals surface area contributed by atoms with Crippen LogP contribution < -0.4 is 0 Å². The Balaban J connectivity index is 1.27. The lowest BCUT2D eigenvalue weighted by Gasteiger charge is -2.52. The quantitative estimate of drug-likeness (QED) is 0.0654. The molecule has 14 bridgehead atoms. The molecule has 21 rings (SSSR count). The SMILES string of the molecule is COC[C@H]1O[C@@H]2O[C@H]3[C@H](OC)[C@@H](OC)[C@@H](O[C@H]4[C@H](OC)[C@@H](OC)[C@@H](O[C@H]5[C@H](OC)[C@@H](OC)[C@@H](O[C@H]6[C@H](OC)[C@@H](OC)[C@@H](O[C@H]7[C@H](OC)[C@@H](OC)[C@@H](O[C@H]8[C@H](OC)[C@@H](OC)[C@@H](O[C@H]1[C@H](OC)[C@H]2OC)O[C@@H]8COC)O[C@@H]7COC)O[C@@H]6COS(C)(=O)=O)O[C@@H]5COS(C)(=O)=O)O[C@@H]4COC)O[C@@H]3COC. The molecule has 0 aliphatic carbocycles. The lowest BCUT2D eigenvalue weighted by Crippen LogP contribution is -2.69. The summed E-state index contributed by atoms with van der Waals surface area (Å²) in [5.74, 6) is 0. The first kappa shape index (κ1) is 88.1. The van der Waals surface area contributed by atoms with E-state index in [0.29, 0.717) is 0 Å². The third-order valence-electron chi connectivity index (χ3n) is 19.5. The molecule has 0 aromatic heterocycles. The van der Waals surface area contributed by atoms with Gasteiger partial charge in [-0.1, -0.05) is 0 Å². The lowest BCUT2D eigenvalue weighted by atomic mass is 9.94. The van der Waals surface area contributed by atoms with E-state index in [0.717, 1.165) is 12.5 Å². The molecule has 39 nitrogen and oxygen atoms in total. The molecule has 0 N–H and O–H groups in total. The molecule has 21 heterocycles. The van der Waals surface area contributed by atoms with Gasteiger partial charge in [-0.3, -0.25) is 8.37 Å². The monoisotopic (exact) mass is 1560 g/mol. The molecule has 610 valence electrons. The van der Waals surface area contributed by atoms with Crippen molar-refractivity contribution < 1.29 is 182 Å². The van der Waals surface area contributed by atoms with Gasteiger partial charge in [0.2, 0.25) is 0 Å². The zero-order chi connectivity index (χ0) is 75.9. The highest BCUT2D eigenvalue weighted by atomic mass is 32.2. The summed E-state index contributed by atoms with van der Waals surface area (Å²) in [6.45, 7) is -2.05. The van der Waals surface area contributed by atoms with Crippen molar-refractivity contribution >= 4 is 20.2 Å². The maximum atomic E-state index is 13.0. The summed E-state index contributed by atoms with van der Waals surface area (Å²) in [4.78, 5) is 0. The van der Waals surface area contributed by atoms with E-state index < -0.39 is 248 Å². The molecular weight excluding hydrogens is 1440 g/mol. The van der Waals surface area contributed by atoms with Gasteiger partial charge < -0.3 is 156 Å². The Morgan fingerprint density at radius 1 is 0.192 bits per heavy atom. The summed E-state index contributed by atoms with van der Waals surface area (Å²) in [5.41, 5.74) is 0. The van der Waals surface area contributed by atoms with Gasteiger partial charge in [0.05, 0.1) is 58.8 Å². The molecule has 35 atom stereocenters. The summed E-state index contributed by atoms with van der Waals surface area (Å²) in [6, 6.07) is 0.